The summed E-state index contributed by atoms with van der Waals surface area (Å²) in [6, 6.07) is 22.7. The van der Waals surface area contributed by atoms with Crippen molar-refractivity contribution in [2.45, 2.75) is 163 Å². The average Bonchev–Trinajstić information content (AvgIpc) is 1.38. The Kier molecular flexibility index (Phi) is 22.5. The van der Waals surface area contributed by atoms with Gasteiger partial charge < -0.3 is 39.3 Å². The van der Waals surface area contributed by atoms with E-state index in [2.05, 4.69) is 53.1 Å². The van der Waals surface area contributed by atoms with Gasteiger partial charge in [-0.25, -0.2) is 34.2 Å². The summed E-state index contributed by atoms with van der Waals surface area (Å²) in [6.07, 6.45) is 11.4. The number of likely N-dealkylation sites (N-methyl/N-ethyl adjacent to an activating group) is 2. The number of nitrogens with zero attached hydrogens (tertiary/aromatic N) is 6. The molecule has 2 saturated carbocycles. The van der Waals surface area contributed by atoms with Gasteiger partial charge in [-0.05, 0) is 242 Å². The second kappa shape index (κ2) is 30.2. The van der Waals surface area contributed by atoms with Crippen molar-refractivity contribution in [1.82, 2.24) is 27.9 Å². The first-order valence-electron chi connectivity index (χ1n) is 37.8. The minimum Gasteiger partial charge on any atom is -0.490 e. The molecule has 2 amide bonds. The summed E-state index contributed by atoms with van der Waals surface area (Å²) in [5, 5.41) is 25.4. The van der Waals surface area contributed by atoms with Crippen LogP contribution < -0.4 is 28.7 Å². The molecule has 10 aliphatic rings. The summed E-state index contributed by atoms with van der Waals surface area (Å²) < 4.78 is 118. The second-order valence-electron chi connectivity index (χ2n) is 32.9. The fraction of sp³-hybridized carbons (Fsp3) is 0.649. The lowest BCUT2D eigenvalue weighted by molar-refractivity contribution is -0.0729. The molecular weight excluding hydrogens is 1440 g/mol. The molecule has 572 valence electrons. The lowest BCUT2D eigenvalue weighted by Crippen LogP contribution is -2.57. The van der Waals surface area contributed by atoms with Crippen molar-refractivity contribution in [3.05, 3.63) is 116 Å². The second-order valence-corrected chi connectivity index (χ2v) is 42.1. The van der Waals surface area contributed by atoms with E-state index in [0.29, 0.717) is 163 Å². The number of sulfonamides is 3. The van der Waals surface area contributed by atoms with E-state index in [1.54, 1.807) is 35.5 Å². The standard InChI is InChI=1S/C39H55ClN4O6S2.C38H53ClN4O7S2/c1-27-7-5-16-39(46,26-52(48,49)44-19-17-42(3)18-20-44)34-12-9-31(34)23-43-24-38(15-6-8-29-21-32(40)11-13-33(29)38)25-50-36-14-10-30(22-35(36)43)37(45)41-51(4,47)28(27)2;1-26-6-4-15-38(45,25-51(46,47)43-18-16-41(3)17-19-43)33-11-8-30(33)22-42-23-37(14-5-7-28-20-31(39)10-12-32(28)37)24-50-35-13-9-29(21-34(35)42)36(44)40-52(48,49)27(26)2/h10-11,13-14,21-22,27-28,31,34,46H,4-9,12,15-20,23-26H2,1-3H3,(H,41,45,47);9-10,12-13,20-21,26-27,30,33,45H,4-8,11,14-19,22-25H2,1-3H3,(H,40,44)/t27-,28+,31-,34+,38-,39-,51?;26-,27+,30-,33+,37-,38+/m00/s1. The lowest BCUT2D eigenvalue weighted by atomic mass is 9.63. The Morgan fingerprint density at radius 2 is 0.952 bits per heavy atom. The van der Waals surface area contributed by atoms with Crippen molar-refractivity contribution < 1.29 is 58.7 Å². The predicted molar refractivity (Wildman–Crippen MR) is 413 cm³/mol. The summed E-state index contributed by atoms with van der Waals surface area (Å²) >= 11 is 12.9. The zero-order valence-corrected chi connectivity index (χ0v) is 66.1. The summed E-state index contributed by atoms with van der Waals surface area (Å²) in [6.45, 7) is 14.7. The third-order valence-corrected chi connectivity index (χ3v) is 34.6. The first kappa shape index (κ1) is 77.4. The molecule has 4 bridgehead atoms. The van der Waals surface area contributed by atoms with Crippen LogP contribution in [0.15, 0.2) is 72.8 Å². The molecule has 21 nitrogen and oxygen atoms in total. The number of aryl methyl sites for hydroxylation is 2. The first-order valence-corrected chi connectivity index (χ1v) is 45.1. The van der Waals surface area contributed by atoms with Crippen molar-refractivity contribution in [1.29, 1.82) is 0 Å². The molecule has 4 aliphatic carbocycles. The number of fused-ring (bicyclic) bond motifs is 8. The molecular formula is C77H108Cl2N8O13S4. The first-order chi connectivity index (χ1) is 49.2. The van der Waals surface area contributed by atoms with Gasteiger partial charge in [-0.15, -0.1) is 0 Å². The van der Waals surface area contributed by atoms with E-state index in [-0.39, 0.29) is 69.8 Å². The minimum absolute atomic E-state index is 0.00826. The van der Waals surface area contributed by atoms with Crippen LogP contribution in [-0.4, -0.2) is 215 Å². The Balaban J connectivity index is 0.000000185. The van der Waals surface area contributed by atoms with Gasteiger partial charge in [0.05, 0.1) is 62.3 Å². The Morgan fingerprint density at radius 3 is 1.37 bits per heavy atom. The van der Waals surface area contributed by atoms with Crippen molar-refractivity contribution in [2.24, 2.45) is 35.5 Å². The molecule has 1 unspecified atom stereocenters. The maximum Gasteiger partial charge on any atom is 0.264 e. The number of anilines is 2. The van der Waals surface area contributed by atoms with E-state index in [1.165, 1.54) is 26.6 Å². The number of ether oxygens (including phenoxy) is 2. The third-order valence-electron chi connectivity index (χ3n) is 26.0. The summed E-state index contributed by atoms with van der Waals surface area (Å²) in [7, 11) is -10.6. The highest BCUT2D eigenvalue weighted by atomic mass is 35.5. The van der Waals surface area contributed by atoms with Gasteiger partial charge in [0.25, 0.3) is 11.8 Å². The monoisotopic (exact) mass is 1550 g/mol. The zero-order chi connectivity index (χ0) is 74.1. The highest BCUT2D eigenvalue weighted by Crippen LogP contribution is 2.52. The quantitative estimate of drug-likeness (QED) is 0.131. The van der Waals surface area contributed by atoms with Gasteiger partial charge in [-0.3, -0.25) is 14.3 Å². The van der Waals surface area contributed by atoms with Gasteiger partial charge in [0.15, 0.2) is 0 Å². The van der Waals surface area contributed by atoms with Gasteiger partial charge in [-0.2, -0.15) is 8.61 Å². The molecule has 6 aliphatic heterocycles. The summed E-state index contributed by atoms with van der Waals surface area (Å²) in [4.78, 5) is 36.1. The molecule has 0 radical (unpaired) electrons. The van der Waals surface area contributed by atoms with Gasteiger partial charge in [-0.1, -0.05) is 62.0 Å². The van der Waals surface area contributed by atoms with Crippen molar-refractivity contribution in [2.75, 3.05) is 127 Å². The molecule has 4 fully saturated rings. The highest BCUT2D eigenvalue weighted by Gasteiger charge is 2.54. The van der Waals surface area contributed by atoms with Gasteiger partial charge in [0.2, 0.25) is 30.1 Å². The normalized spacial score (nSPS) is 34.1. The fourth-order valence-corrected chi connectivity index (χ4v) is 25.9. The fourth-order valence-electron chi connectivity index (χ4n) is 18.9. The smallest absolute Gasteiger partial charge is 0.264 e. The van der Waals surface area contributed by atoms with Crippen LogP contribution in [0.1, 0.15) is 161 Å². The van der Waals surface area contributed by atoms with Crippen LogP contribution in [0.2, 0.25) is 10.0 Å². The Hall–Kier alpha value is -4.77. The van der Waals surface area contributed by atoms with Crippen molar-refractivity contribution in [3.8, 4) is 11.5 Å². The number of aliphatic hydroxyl groups is 2. The number of nitrogens with one attached hydrogen (secondary N) is 2. The van der Waals surface area contributed by atoms with Crippen LogP contribution in [0.3, 0.4) is 0 Å². The number of carbonyl (C=O) groups is 2. The Morgan fingerprint density at radius 1 is 0.538 bits per heavy atom. The van der Waals surface area contributed by atoms with Crippen molar-refractivity contribution in [3.63, 3.8) is 0 Å². The summed E-state index contributed by atoms with van der Waals surface area (Å²) in [5.41, 5.74) is 3.26. The molecule has 0 aromatic heterocycles. The molecule has 2 saturated heterocycles. The number of hydrogen-bond acceptors (Lipinski definition) is 17. The number of hydrogen-bond donors (Lipinski definition) is 4. The summed E-state index contributed by atoms with van der Waals surface area (Å²) in [5.74, 6) is 2.58. The predicted octanol–water partition coefficient (Wildman–Crippen LogP) is 9.13. The van der Waals surface area contributed by atoms with Crippen LogP contribution in [0.4, 0.5) is 11.4 Å². The third kappa shape index (κ3) is 16.0. The molecule has 6 heterocycles. The van der Waals surface area contributed by atoms with Crippen molar-refractivity contribution >= 4 is 92.0 Å². The minimum atomic E-state index is -4.05. The van der Waals surface area contributed by atoms with Gasteiger partial charge in [0, 0.05) is 116 Å². The van der Waals surface area contributed by atoms with E-state index in [9.17, 15) is 49.3 Å². The number of halogens is 2. The van der Waals surface area contributed by atoms with Crippen LogP contribution >= 0.6 is 23.2 Å². The number of benzene rings is 4. The van der Waals surface area contributed by atoms with E-state index in [1.807, 2.05) is 65.2 Å². The number of piperazine rings is 2. The average molecular weight is 1550 g/mol. The molecule has 14 rings (SSSR count). The molecule has 27 heteroatoms. The Bertz CT molecular complexity index is 4080. The van der Waals surface area contributed by atoms with Crippen LogP contribution in [0.5, 0.6) is 11.5 Å². The van der Waals surface area contributed by atoms with E-state index in [0.717, 1.165) is 63.5 Å². The zero-order valence-electron chi connectivity index (χ0n) is 61.3. The highest BCUT2D eigenvalue weighted by molar-refractivity contribution is 7.99. The van der Waals surface area contributed by atoms with Crippen LogP contribution in [-0.2, 0) is 63.4 Å². The van der Waals surface area contributed by atoms with Gasteiger partial charge in [0.1, 0.15) is 11.5 Å². The van der Waals surface area contributed by atoms with E-state index >= 15 is 0 Å². The maximum atomic E-state index is 14.0. The number of amides is 2. The topological polar surface area (TPSA) is 256 Å². The SMILES string of the molecule is C=S1(=O)NC(=O)c2ccc3c(c2)N(C[C@@H]2CC[C@H]2[C@@](O)(CS(=O)(=O)N2CCN(C)CC2)CCC[C@H](C)[C@H]1C)C[C@@]1(CCCc2cc(Cl)ccc21)CO3.C[C@@H]1[C@@H](C)CCC[C@@](O)(CS(=O)(=O)N2CCN(C)CC2)[C@@H]2CC[C@H]2CN2C[C@@]3(CCCc4cc(Cl)ccc43)COc3ccc(cc32)C(=O)NS1(=O)=O. The van der Waals surface area contributed by atoms with Crippen LogP contribution in [0.25, 0.3) is 0 Å². The van der Waals surface area contributed by atoms with Crippen LogP contribution in [0, 0.1) is 35.5 Å². The Labute approximate surface area is 627 Å². The number of carbonyl (C=O) groups excluding carboxylic acids is 2. The molecule has 4 N–H and O–H groups in total. The molecule has 4 aromatic carbocycles. The molecule has 4 aromatic rings. The van der Waals surface area contributed by atoms with E-state index in [4.69, 9.17) is 32.7 Å². The molecule has 104 heavy (non-hydrogen) atoms. The van der Waals surface area contributed by atoms with E-state index < -0.39 is 73.3 Å². The molecule has 2 spiro atoms. The largest absolute Gasteiger partial charge is 0.490 e. The number of rotatable bonds is 6. The lowest BCUT2D eigenvalue weighted by Gasteiger charge is -2.50. The maximum absolute atomic E-state index is 14.0. The van der Waals surface area contributed by atoms with Gasteiger partial charge >= 0.3 is 0 Å². The molecule has 13 atom stereocenters.